The summed E-state index contributed by atoms with van der Waals surface area (Å²) in [6, 6.07) is 1.53. The number of amides is 1. The van der Waals surface area contributed by atoms with Crippen molar-refractivity contribution < 1.29 is 9.53 Å². The van der Waals surface area contributed by atoms with Crippen LogP contribution < -0.4 is 5.32 Å². The van der Waals surface area contributed by atoms with Crippen molar-refractivity contribution in [1.82, 2.24) is 15.2 Å². The third-order valence-electron chi connectivity index (χ3n) is 2.78. The molecular formula is C11H15Cl2N3O2. The van der Waals surface area contributed by atoms with Crippen molar-refractivity contribution in [3.05, 3.63) is 21.9 Å². The van der Waals surface area contributed by atoms with Gasteiger partial charge in [0.25, 0.3) is 5.91 Å². The molecule has 0 radical (unpaired) electrons. The first-order valence-electron chi connectivity index (χ1n) is 5.69. The summed E-state index contributed by atoms with van der Waals surface area (Å²) in [6.07, 6.45) is 0.0219. The number of aromatic nitrogens is 1. The molecule has 5 nitrogen and oxygen atoms in total. The van der Waals surface area contributed by atoms with Crippen molar-refractivity contribution in [2.75, 3.05) is 33.3 Å². The molecule has 0 aromatic carbocycles. The molecule has 0 aliphatic carbocycles. The van der Waals surface area contributed by atoms with Crippen molar-refractivity contribution in [2.24, 2.45) is 0 Å². The van der Waals surface area contributed by atoms with Crippen LogP contribution in [0.4, 0.5) is 0 Å². The smallest absolute Gasteiger partial charge is 0.270 e. The Hall–Kier alpha value is -0.750. The summed E-state index contributed by atoms with van der Waals surface area (Å²) < 4.78 is 5.54. The van der Waals surface area contributed by atoms with Gasteiger partial charge in [-0.15, -0.1) is 0 Å². The Kier molecular flexibility index (Phi) is 4.50. The Bertz CT molecular complexity index is 410. The van der Waals surface area contributed by atoms with Crippen LogP contribution in [0.3, 0.4) is 0 Å². The van der Waals surface area contributed by atoms with Crippen molar-refractivity contribution >= 4 is 29.1 Å². The third-order valence-corrected chi connectivity index (χ3v) is 3.48. The van der Waals surface area contributed by atoms with E-state index in [2.05, 4.69) is 10.3 Å². The lowest BCUT2D eigenvalue weighted by molar-refractivity contribution is 0.0103. The zero-order valence-corrected chi connectivity index (χ0v) is 11.5. The molecule has 7 heteroatoms. The fraction of sp³-hybridized carbons (Fsp3) is 0.545. The van der Waals surface area contributed by atoms with Crippen molar-refractivity contribution in [3.63, 3.8) is 0 Å². The normalized spacial score (nSPS) is 19.8. The van der Waals surface area contributed by atoms with E-state index in [4.69, 9.17) is 27.9 Å². The standard InChI is InChI=1S/C11H15Cl2N3O2/c1-16(6-7-5-14-2-3-18-7)11(17)9-4-8(12)10(13)15-9/h4,7,14-15H,2-3,5-6H2,1H3. The first kappa shape index (κ1) is 13.7. The molecule has 2 rings (SSSR count). The number of hydrogen-bond donors (Lipinski definition) is 2. The summed E-state index contributed by atoms with van der Waals surface area (Å²) in [6.45, 7) is 2.81. The van der Waals surface area contributed by atoms with Crippen LogP contribution in [-0.4, -0.2) is 55.2 Å². The zero-order valence-electron chi connectivity index (χ0n) is 10.0. The average Bonchev–Trinajstić information content (AvgIpc) is 2.70. The van der Waals surface area contributed by atoms with Crippen molar-refractivity contribution in [1.29, 1.82) is 0 Å². The Balaban J connectivity index is 1.95. The van der Waals surface area contributed by atoms with Crippen LogP contribution in [0.5, 0.6) is 0 Å². The molecule has 0 saturated carbocycles. The number of morpholine rings is 1. The van der Waals surface area contributed by atoms with E-state index in [9.17, 15) is 4.79 Å². The minimum Gasteiger partial charge on any atom is -0.374 e. The number of H-pyrrole nitrogens is 1. The third kappa shape index (κ3) is 3.17. The highest BCUT2D eigenvalue weighted by Crippen LogP contribution is 2.22. The van der Waals surface area contributed by atoms with Gasteiger partial charge in [-0.2, -0.15) is 0 Å². The minimum absolute atomic E-state index is 0.0219. The first-order chi connectivity index (χ1) is 8.58. The van der Waals surface area contributed by atoms with Gasteiger partial charge in [-0.1, -0.05) is 23.2 Å². The van der Waals surface area contributed by atoms with Gasteiger partial charge < -0.3 is 19.9 Å². The second kappa shape index (κ2) is 5.93. The maximum absolute atomic E-state index is 12.1. The van der Waals surface area contributed by atoms with E-state index in [0.717, 1.165) is 13.1 Å². The van der Waals surface area contributed by atoms with E-state index < -0.39 is 0 Å². The number of nitrogens with zero attached hydrogens (tertiary/aromatic N) is 1. The summed E-state index contributed by atoms with van der Waals surface area (Å²) in [4.78, 5) is 16.4. The summed E-state index contributed by atoms with van der Waals surface area (Å²) in [5, 5.41) is 3.85. The molecule has 1 fully saturated rings. The van der Waals surface area contributed by atoms with Crippen LogP contribution in [0.2, 0.25) is 10.2 Å². The lowest BCUT2D eigenvalue weighted by Gasteiger charge is -2.27. The molecule has 1 saturated heterocycles. The van der Waals surface area contributed by atoms with Crippen LogP contribution in [0, 0.1) is 0 Å². The summed E-state index contributed by atoms with van der Waals surface area (Å²) in [5.41, 5.74) is 0.385. The Morgan fingerprint density at radius 1 is 1.61 bits per heavy atom. The quantitative estimate of drug-likeness (QED) is 0.885. The largest absolute Gasteiger partial charge is 0.374 e. The lowest BCUT2D eigenvalue weighted by atomic mass is 10.2. The fourth-order valence-corrected chi connectivity index (χ4v) is 2.16. The van der Waals surface area contributed by atoms with E-state index in [1.54, 1.807) is 11.9 Å². The van der Waals surface area contributed by atoms with Crippen molar-refractivity contribution in [3.8, 4) is 0 Å². The van der Waals surface area contributed by atoms with E-state index in [0.29, 0.717) is 23.9 Å². The molecule has 2 heterocycles. The van der Waals surface area contributed by atoms with Crippen LogP contribution >= 0.6 is 23.2 Å². The summed E-state index contributed by atoms with van der Waals surface area (Å²) in [7, 11) is 1.73. The molecule has 1 atom stereocenters. The monoisotopic (exact) mass is 291 g/mol. The molecule has 1 amide bonds. The van der Waals surface area contributed by atoms with Crippen molar-refractivity contribution in [2.45, 2.75) is 6.10 Å². The molecule has 2 N–H and O–H groups in total. The number of rotatable bonds is 3. The molecule has 100 valence electrons. The fourth-order valence-electron chi connectivity index (χ4n) is 1.85. The number of likely N-dealkylation sites (N-methyl/N-ethyl adjacent to an activating group) is 1. The lowest BCUT2D eigenvalue weighted by Crippen LogP contribution is -2.45. The maximum Gasteiger partial charge on any atom is 0.270 e. The molecular weight excluding hydrogens is 277 g/mol. The van der Waals surface area contributed by atoms with Crippen LogP contribution in [0.25, 0.3) is 0 Å². The van der Waals surface area contributed by atoms with Gasteiger partial charge >= 0.3 is 0 Å². The SMILES string of the molecule is CN(CC1CNCCO1)C(=O)c1cc(Cl)c(Cl)[nH]1. The number of ether oxygens (including phenoxy) is 1. The molecule has 18 heavy (non-hydrogen) atoms. The summed E-state index contributed by atoms with van der Waals surface area (Å²) >= 11 is 11.6. The number of hydrogen-bond acceptors (Lipinski definition) is 3. The van der Waals surface area contributed by atoms with Gasteiger partial charge in [0.15, 0.2) is 0 Å². The van der Waals surface area contributed by atoms with Crippen LogP contribution in [-0.2, 0) is 4.74 Å². The number of nitrogens with one attached hydrogen (secondary N) is 2. The van der Waals surface area contributed by atoms with Gasteiger partial charge in [0, 0.05) is 26.7 Å². The molecule has 0 spiro atoms. The molecule has 1 aromatic heterocycles. The van der Waals surface area contributed by atoms with E-state index in [1.807, 2.05) is 0 Å². The second-order valence-corrected chi connectivity index (χ2v) is 5.01. The van der Waals surface area contributed by atoms with Gasteiger partial charge in [0.2, 0.25) is 0 Å². The molecule has 1 aliphatic rings. The molecule has 1 aromatic rings. The second-order valence-electron chi connectivity index (χ2n) is 4.23. The number of carbonyl (C=O) groups is 1. The topological polar surface area (TPSA) is 57.4 Å². The molecule has 1 aliphatic heterocycles. The Labute approximate surface area is 115 Å². The maximum atomic E-state index is 12.1. The number of halogens is 2. The van der Waals surface area contributed by atoms with Crippen LogP contribution in [0.1, 0.15) is 10.5 Å². The van der Waals surface area contributed by atoms with Gasteiger partial charge in [-0.3, -0.25) is 4.79 Å². The average molecular weight is 292 g/mol. The zero-order chi connectivity index (χ0) is 13.1. The van der Waals surface area contributed by atoms with E-state index in [1.165, 1.54) is 6.07 Å². The number of carbonyl (C=O) groups excluding carboxylic acids is 1. The van der Waals surface area contributed by atoms with Gasteiger partial charge in [-0.05, 0) is 6.07 Å². The molecule has 1 unspecified atom stereocenters. The van der Waals surface area contributed by atoms with E-state index in [-0.39, 0.29) is 17.2 Å². The van der Waals surface area contributed by atoms with E-state index >= 15 is 0 Å². The van der Waals surface area contributed by atoms with Gasteiger partial charge in [0.1, 0.15) is 10.8 Å². The highest BCUT2D eigenvalue weighted by atomic mass is 35.5. The van der Waals surface area contributed by atoms with Gasteiger partial charge in [0.05, 0.1) is 17.7 Å². The minimum atomic E-state index is -0.155. The predicted molar refractivity (Wildman–Crippen MR) is 70.4 cm³/mol. The Morgan fingerprint density at radius 2 is 2.39 bits per heavy atom. The summed E-state index contributed by atoms with van der Waals surface area (Å²) in [5.74, 6) is -0.155. The van der Waals surface area contributed by atoms with Gasteiger partial charge in [-0.25, -0.2) is 0 Å². The molecule has 0 bridgehead atoms. The highest BCUT2D eigenvalue weighted by molar-refractivity contribution is 6.41. The van der Waals surface area contributed by atoms with Crippen LogP contribution in [0.15, 0.2) is 6.07 Å². The Morgan fingerprint density at radius 3 is 2.94 bits per heavy atom. The number of aromatic amines is 1. The predicted octanol–water partition coefficient (Wildman–Crippen LogP) is 1.38. The highest BCUT2D eigenvalue weighted by Gasteiger charge is 2.21. The first-order valence-corrected chi connectivity index (χ1v) is 6.45.